The summed E-state index contributed by atoms with van der Waals surface area (Å²) in [6.07, 6.45) is -6.63. The summed E-state index contributed by atoms with van der Waals surface area (Å²) >= 11 is 0. The summed E-state index contributed by atoms with van der Waals surface area (Å²) in [5.41, 5.74) is 6.72. The van der Waals surface area contributed by atoms with Gasteiger partial charge in [0.2, 0.25) is 0 Å². The molecule has 0 aromatic heterocycles. The van der Waals surface area contributed by atoms with Crippen LogP contribution in [-0.4, -0.2) is 12.5 Å². The topological polar surface area (TPSA) is 35.2 Å². The Bertz CT molecular complexity index is 412. The smallest absolute Gasteiger partial charge is 0.428 e. The van der Waals surface area contributed by atoms with Gasteiger partial charge in [-0.2, -0.15) is 17.6 Å². The average Bonchev–Trinajstić information content (AvgIpc) is 2.36. The standard InChI is InChI=1S/C14H19F4NO.ClH/c1-9(2)3-8-12(19)10-4-6-11(7-5-10)20-14(17,18)13(15)16;/h4-7,9,12-13H,3,8,19H2,1-2H3;1H/t12-;/m0./s1. The van der Waals surface area contributed by atoms with Gasteiger partial charge < -0.3 is 10.5 Å². The van der Waals surface area contributed by atoms with Gasteiger partial charge >= 0.3 is 12.5 Å². The van der Waals surface area contributed by atoms with Gasteiger partial charge in [-0.3, -0.25) is 0 Å². The average molecular weight is 330 g/mol. The van der Waals surface area contributed by atoms with Gasteiger partial charge in [-0.15, -0.1) is 12.4 Å². The van der Waals surface area contributed by atoms with Gasteiger partial charge in [0.1, 0.15) is 5.75 Å². The maximum Gasteiger partial charge on any atom is 0.461 e. The Kier molecular flexibility index (Phi) is 8.03. The van der Waals surface area contributed by atoms with Crippen LogP contribution in [0.5, 0.6) is 5.75 Å². The summed E-state index contributed by atoms with van der Waals surface area (Å²) in [5, 5.41) is 0. The van der Waals surface area contributed by atoms with Crippen LogP contribution in [0.1, 0.15) is 38.3 Å². The van der Waals surface area contributed by atoms with Crippen molar-refractivity contribution in [3.05, 3.63) is 29.8 Å². The summed E-state index contributed by atoms with van der Waals surface area (Å²) in [5.74, 6) is 0.212. The van der Waals surface area contributed by atoms with Crippen LogP contribution < -0.4 is 10.5 Å². The van der Waals surface area contributed by atoms with E-state index in [0.717, 1.165) is 18.4 Å². The molecule has 0 unspecified atom stereocenters. The molecule has 0 saturated heterocycles. The number of nitrogens with two attached hydrogens (primary N) is 1. The van der Waals surface area contributed by atoms with E-state index in [-0.39, 0.29) is 24.2 Å². The highest BCUT2D eigenvalue weighted by Crippen LogP contribution is 2.28. The zero-order chi connectivity index (χ0) is 15.3. The highest BCUT2D eigenvalue weighted by atomic mass is 35.5. The van der Waals surface area contributed by atoms with Gasteiger partial charge in [0, 0.05) is 6.04 Å². The monoisotopic (exact) mass is 329 g/mol. The van der Waals surface area contributed by atoms with Crippen LogP contribution in [0.3, 0.4) is 0 Å². The summed E-state index contributed by atoms with van der Waals surface area (Å²) < 4.78 is 53.4. The van der Waals surface area contributed by atoms with Crippen molar-refractivity contribution in [2.45, 2.75) is 45.3 Å². The van der Waals surface area contributed by atoms with Gasteiger partial charge in [0.05, 0.1) is 0 Å². The second kappa shape index (κ2) is 8.44. The molecule has 0 bridgehead atoms. The van der Waals surface area contributed by atoms with Crippen molar-refractivity contribution in [2.75, 3.05) is 0 Å². The molecule has 7 heteroatoms. The Morgan fingerprint density at radius 3 is 2.05 bits per heavy atom. The molecular formula is C14H20ClF4NO. The zero-order valence-electron chi connectivity index (χ0n) is 11.9. The normalized spacial score (nSPS) is 13.2. The molecule has 2 N–H and O–H groups in total. The maximum atomic E-state index is 12.7. The van der Waals surface area contributed by atoms with Crippen LogP contribution in [0.2, 0.25) is 0 Å². The van der Waals surface area contributed by atoms with Crippen molar-refractivity contribution in [2.24, 2.45) is 11.7 Å². The first-order valence-corrected chi connectivity index (χ1v) is 6.43. The Morgan fingerprint density at radius 1 is 1.10 bits per heavy atom. The first kappa shape index (κ1) is 20.0. The number of hydrogen-bond acceptors (Lipinski definition) is 2. The van der Waals surface area contributed by atoms with Gasteiger partial charge in [-0.1, -0.05) is 26.0 Å². The van der Waals surface area contributed by atoms with Gasteiger partial charge in [-0.05, 0) is 36.5 Å². The molecule has 0 fully saturated rings. The molecule has 0 spiro atoms. The van der Waals surface area contributed by atoms with Crippen molar-refractivity contribution in [3.63, 3.8) is 0 Å². The molecule has 0 amide bonds. The third-order valence-corrected chi connectivity index (χ3v) is 2.87. The Labute approximate surface area is 128 Å². The van der Waals surface area contributed by atoms with E-state index in [0.29, 0.717) is 5.92 Å². The molecule has 0 saturated carbocycles. The lowest BCUT2D eigenvalue weighted by Gasteiger charge is -2.18. The summed E-state index contributed by atoms with van der Waals surface area (Å²) in [6, 6.07) is 5.27. The van der Waals surface area contributed by atoms with Crippen LogP contribution in [0.15, 0.2) is 24.3 Å². The van der Waals surface area contributed by atoms with E-state index in [4.69, 9.17) is 5.73 Å². The SMILES string of the molecule is CC(C)CC[C@H](N)c1ccc(OC(F)(F)C(F)F)cc1.Cl. The van der Waals surface area contributed by atoms with Crippen LogP contribution in [0.4, 0.5) is 17.6 Å². The first-order valence-electron chi connectivity index (χ1n) is 6.43. The molecule has 0 heterocycles. The number of alkyl halides is 4. The molecule has 0 radical (unpaired) electrons. The molecule has 21 heavy (non-hydrogen) atoms. The lowest BCUT2D eigenvalue weighted by molar-refractivity contribution is -0.253. The van der Waals surface area contributed by atoms with E-state index >= 15 is 0 Å². The molecule has 1 rings (SSSR count). The number of ether oxygens (including phenoxy) is 1. The Balaban J connectivity index is 0.00000400. The quantitative estimate of drug-likeness (QED) is 0.730. The Morgan fingerprint density at radius 2 is 1.62 bits per heavy atom. The molecule has 1 aromatic rings. The predicted octanol–water partition coefficient (Wildman–Crippen LogP) is 4.78. The fraction of sp³-hybridized carbons (Fsp3) is 0.571. The van der Waals surface area contributed by atoms with Crippen molar-refractivity contribution in [1.82, 2.24) is 0 Å². The number of hydrogen-bond donors (Lipinski definition) is 1. The molecule has 0 aliphatic heterocycles. The van der Waals surface area contributed by atoms with Crippen LogP contribution in [-0.2, 0) is 0 Å². The lowest BCUT2D eigenvalue weighted by Crippen LogP contribution is -2.33. The first-order chi connectivity index (χ1) is 9.22. The second-order valence-corrected chi connectivity index (χ2v) is 5.11. The molecular weight excluding hydrogens is 310 g/mol. The van der Waals surface area contributed by atoms with Gasteiger partial charge in [0.15, 0.2) is 0 Å². The third-order valence-electron chi connectivity index (χ3n) is 2.87. The maximum absolute atomic E-state index is 12.7. The van der Waals surface area contributed by atoms with E-state index in [2.05, 4.69) is 18.6 Å². The highest BCUT2D eigenvalue weighted by molar-refractivity contribution is 5.85. The third kappa shape index (κ3) is 6.52. The molecule has 0 aliphatic rings. The number of halogens is 5. The van der Waals surface area contributed by atoms with Crippen molar-refractivity contribution < 1.29 is 22.3 Å². The molecule has 122 valence electrons. The second-order valence-electron chi connectivity index (χ2n) is 5.11. The Hall–Kier alpha value is -1.01. The lowest BCUT2D eigenvalue weighted by atomic mass is 9.98. The minimum absolute atomic E-state index is 0. The van der Waals surface area contributed by atoms with E-state index in [1.165, 1.54) is 24.3 Å². The van der Waals surface area contributed by atoms with E-state index in [1.54, 1.807) is 0 Å². The minimum atomic E-state index is -4.48. The fourth-order valence-electron chi connectivity index (χ4n) is 1.66. The fourth-order valence-corrected chi connectivity index (χ4v) is 1.66. The van der Waals surface area contributed by atoms with Gasteiger partial charge in [0.25, 0.3) is 0 Å². The number of benzene rings is 1. The summed E-state index contributed by atoms with van der Waals surface area (Å²) in [7, 11) is 0. The zero-order valence-corrected chi connectivity index (χ0v) is 12.7. The minimum Gasteiger partial charge on any atom is -0.428 e. The van der Waals surface area contributed by atoms with Crippen LogP contribution >= 0.6 is 12.4 Å². The van der Waals surface area contributed by atoms with Crippen molar-refractivity contribution >= 4 is 12.4 Å². The molecule has 0 aliphatic carbocycles. The molecule has 2 nitrogen and oxygen atoms in total. The molecule has 1 atom stereocenters. The van der Waals surface area contributed by atoms with E-state index < -0.39 is 12.5 Å². The van der Waals surface area contributed by atoms with Crippen LogP contribution in [0, 0.1) is 5.92 Å². The predicted molar refractivity (Wildman–Crippen MR) is 76.3 cm³/mol. The highest BCUT2D eigenvalue weighted by Gasteiger charge is 2.43. The summed E-state index contributed by atoms with van der Waals surface area (Å²) in [4.78, 5) is 0. The van der Waals surface area contributed by atoms with Gasteiger partial charge in [-0.25, -0.2) is 0 Å². The van der Waals surface area contributed by atoms with Crippen molar-refractivity contribution in [1.29, 1.82) is 0 Å². The number of rotatable bonds is 7. The van der Waals surface area contributed by atoms with E-state index in [1.807, 2.05) is 0 Å². The van der Waals surface area contributed by atoms with E-state index in [9.17, 15) is 17.6 Å². The van der Waals surface area contributed by atoms with Crippen LogP contribution in [0.25, 0.3) is 0 Å². The largest absolute Gasteiger partial charge is 0.461 e. The summed E-state index contributed by atoms with van der Waals surface area (Å²) in [6.45, 7) is 4.16. The molecule has 1 aromatic carbocycles. The van der Waals surface area contributed by atoms with Crippen molar-refractivity contribution in [3.8, 4) is 5.75 Å².